The topological polar surface area (TPSA) is 64.3 Å². The summed E-state index contributed by atoms with van der Waals surface area (Å²) in [6, 6.07) is 19.0. The number of fused-ring (bicyclic) bond motifs is 1. The van der Waals surface area contributed by atoms with Crippen molar-refractivity contribution in [2.24, 2.45) is 0 Å². The van der Waals surface area contributed by atoms with E-state index in [1.165, 1.54) is 30.4 Å². The molecule has 160 valence electrons. The first-order chi connectivity index (χ1) is 15.2. The van der Waals surface area contributed by atoms with Gasteiger partial charge in [0.1, 0.15) is 11.6 Å². The van der Waals surface area contributed by atoms with Crippen molar-refractivity contribution in [1.29, 1.82) is 0 Å². The second kappa shape index (κ2) is 8.96. The molecule has 2 N–H and O–H groups in total. The van der Waals surface area contributed by atoms with Crippen LogP contribution in [-0.2, 0) is 13.0 Å². The molecule has 0 saturated heterocycles. The van der Waals surface area contributed by atoms with E-state index < -0.39 is 0 Å². The third-order valence-electron chi connectivity index (χ3n) is 6.41. The van der Waals surface area contributed by atoms with Crippen molar-refractivity contribution in [1.82, 2.24) is 9.97 Å². The molecule has 1 aliphatic heterocycles. The molecular weight excluding hydrogens is 384 g/mol. The fourth-order valence-corrected chi connectivity index (χ4v) is 4.74. The normalized spacial score (nSPS) is 17.1. The summed E-state index contributed by atoms with van der Waals surface area (Å²) in [4.78, 5) is 11.4. The molecule has 5 nitrogen and oxygen atoms in total. The van der Waals surface area contributed by atoms with Gasteiger partial charge in [-0.2, -0.15) is 4.98 Å². The first kappa shape index (κ1) is 19.9. The first-order valence-corrected chi connectivity index (χ1v) is 11.5. The summed E-state index contributed by atoms with van der Waals surface area (Å²) >= 11 is 0. The molecule has 2 aromatic carbocycles. The van der Waals surface area contributed by atoms with Crippen LogP contribution in [0.1, 0.15) is 49.7 Å². The summed E-state index contributed by atoms with van der Waals surface area (Å²) in [5.41, 5.74) is 10.8. The summed E-state index contributed by atoms with van der Waals surface area (Å²) in [6.07, 6.45) is 8.75. The Morgan fingerprint density at radius 3 is 2.45 bits per heavy atom. The molecule has 3 aromatic rings. The number of ether oxygens (including phenoxy) is 1. The van der Waals surface area contributed by atoms with Gasteiger partial charge in [-0.1, -0.05) is 30.7 Å². The van der Waals surface area contributed by atoms with Crippen LogP contribution in [0, 0.1) is 0 Å². The van der Waals surface area contributed by atoms with E-state index in [1.807, 2.05) is 12.1 Å². The van der Waals surface area contributed by atoms with Crippen LogP contribution in [0.2, 0.25) is 0 Å². The SMILES string of the molecule is Nc1nc(-c2ccc(OC3CCCCC3)cc2)cc(N2CCCc3ccccc3C2)n1. The quantitative estimate of drug-likeness (QED) is 0.620. The average Bonchev–Trinajstić information content (AvgIpc) is 3.02. The predicted octanol–water partition coefficient (Wildman–Crippen LogP) is 5.39. The second-order valence-corrected chi connectivity index (χ2v) is 8.67. The third kappa shape index (κ3) is 4.66. The van der Waals surface area contributed by atoms with E-state index in [9.17, 15) is 0 Å². The highest BCUT2D eigenvalue weighted by molar-refractivity contribution is 5.65. The lowest BCUT2D eigenvalue weighted by atomic mass is 9.98. The fraction of sp³-hybridized carbons (Fsp3) is 0.385. The number of hydrogen-bond acceptors (Lipinski definition) is 5. The minimum Gasteiger partial charge on any atom is -0.490 e. The van der Waals surface area contributed by atoms with Gasteiger partial charge in [-0.25, -0.2) is 4.98 Å². The van der Waals surface area contributed by atoms with Crippen molar-refractivity contribution in [3.8, 4) is 17.0 Å². The number of rotatable bonds is 4. The molecule has 0 spiro atoms. The van der Waals surface area contributed by atoms with E-state index in [-0.39, 0.29) is 0 Å². The summed E-state index contributed by atoms with van der Waals surface area (Å²) in [5, 5.41) is 0. The molecule has 0 atom stereocenters. The van der Waals surface area contributed by atoms with Crippen molar-refractivity contribution in [2.45, 2.75) is 57.6 Å². The van der Waals surface area contributed by atoms with Gasteiger partial charge in [-0.05, 0) is 73.9 Å². The van der Waals surface area contributed by atoms with E-state index in [2.05, 4.69) is 57.3 Å². The molecule has 0 radical (unpaired) electrons. The molecule has 1 aliphatic carbocycles. The number of nitrogen functional groups attached to an aromatic ring is 1. The van der Waals surface area contributed by atoms with Crippen molar-refractivity contribution in [2.75, 3.05) is 17.2 Å². The molecule has 5 rings (SSSR count). The Hall–Kier alpha value is -3.08. The van der Waals surface area contributed by atoms with Gasteiger partial charge in [0, 0.05) is 24.7 Å². The summed E-state index contributed by atoms with van der Waals surface area (Å²) in [5.74, 6) is 2.14. The Morgan fingerprint density at radius 2 is 1.65 bits per heavy atom. The van der Waals surface area contributed by atoms with Crippen molar-refractivity contribution in [3.63, 3.8) is 0 Å². The van der Waals surface area contributed by atoms with Crippen molar-refractivity contribution in [3.05, 3.63) is 65.7 Å². The molecule has 2 aliphatic rings. The molecule has 0 bridgehead atoms. The van der Waals surface area contributed by atoms with Crippen LogP contribution in [0.3, 0.4) is 0 Å². The molecule has 0 amide bonds. The highest BCUT2D eigenvalue weighted by Crippen LogP contribution is 2.29. The monoisotopic (exact) mass is 414 g/mol. The standard InChI is InChI=1S/C26H30N4O/c27-26-28-24(20-12-14-23(15-13-20)31-22-10-2-1-3-11-22)17-25(29-26)30-16-6-9-19-7-4-5-8-21(19)18-30/h4-5,7-8,12-15,17,22H,1-3,6,9-11,16,18H2,(H2,27,28,29). The van der Waals surface area contributed by atoms with Crippen molar-refractivity contribution < 1.29 is 4.74 Å². The molecule has 2 heterocycles. The molecule has 31 heavy (non-hydrogen) atoms. The van der Waals surface area contributed by atoms with Crippen LogP contribution >= 0.6 is 0 Å². The highest BCUT2D eigenvalue weighted by Gasteiger charge is 2.18. The Kier molecular flexibility index (Phi) is 5.74. The van der Waals surface area contributed by atoms with Crippen molar-refractivity contribution >= 4 is 11.8 Å². The lowest BCUT2D eigenvalue weighted by Gasteiger charge is -2.23. The average molecular weight is 415 g/mol. The molecule has 1 saturated carbocycles. The summed E-state index contributed by atoms with van der Waals surface area (Å²) < 4.78 is 6.17. The summed E-state index contributed by atoms with van der Waals surface area (Å²) in [6.45, 7) is 1.80. The maximum atomic E-state index is 6.17. The van der Waals surface area contributed by atoms with Crippen LogP contribution in [-0.4, -0.2) is 22.6 Å². The number of benzene rings is 2. The zero-order valence-electron chi connectivity index (χ0n) is 18.0. The fourth-order valence-electron chi connectivity index (χ4n) is 4.74. The number of nitrogens with two attached hydrogens (primary N) is 1. The second-order valence-electron chi connectivity index (χ2n) is 8.67. The minimum atomic E-state index is 0.313. The molecule has 5 heteroatoms. The van der Waals surface area contributed by atoms with Crippen LogP contribution < -0.4 is 15.4 Å². The zero-order valence-corrected chi connectivity index (χ0v) is 18.0. The van der Waals surface area contributed by atoms with Gasteiger partial charge in [0.15, 0.2) is 0 Å². The Bertz CT molecular complexity index is 1030. The van der Waals surface area contributed by atoms with Gasteiger partial charge in [0.25, 0.3) is 0 Å². The summed E-state index contributed by atoms with van der Waals surface area (Å²) in [7, 11) is 0. The highest BCUT2D eigenvalue weighted by atomic mass is 16.5. The molecular formula is C26H30N4O. The van der Waals surface area contributed by atoms with Crippen LogP contribution in [0.4, 0.5) is 11.8 Å². The maximum Gasteiger partial charge on any atom is 0.222 e. The largest absolute Gasteiger partial charge is 0.490 e. The van der Waals surface area contributed by atoms with Crippen LogP contribution in [0.5, 0.6) is 5.75 Å². The maximum absolute atomic E-state index is 6.17. The Balaban J connectivity index is 1.36. The minimum absolute atomic E-state index is 0.313. The van der Waals surface area contributed by atoms with E-state index in [0.29, 0.717) is 12.1 Å². The number of hydrogen-bond donors (Lipinski definition) is 1. The van der Waals surface area contributed by atoms with Crippen LogP contribution in [0.25, 0.3) is 11.3 Å². The van der Waals surface area contributed by atoms with Gasteiger partial charge in [0.2, 0.25) is 5.95 Å². The van der Waals surface area contributed by atoms with E-state index in [0.717, 1.165) is 61.6 Å². The van der Waals surface area contributed by atoms with Gasteiger partial charge in [-0.15, -0.1) is 0 Å². The predicted molar refractivity (Wildman–Crippen MR) is 125 cm³/mol. The third-order valence-corrected chi connectivity index (χ3v) is 6.41. The van der Waals surface area contributed by atoms with E-state index >= 15 is 0 Å². The molecule has 0 unspecified atom stereocenters. The zero-order chi connectivity index (χ0) is 21.0. The molecule has 1 aromatic heterocycles. The lowest BCUT2D eigenvalue weighted by molar-refractivity contribution is 0.155. The number of aromatic nitrogens is 2. The first-order valence-electron chi connectivity index (χ1n) is 11.5. The van der Waals surface area contributed by atoms with E-state index in [1.54, 1.807) is 0 Å². The van der Waals surface area contributed by atoms with Crippen LogP contribution in [0.15, 0.2) is 54.6 Å². The smallest absolute Gasteiger partial charge is 0.222 e. The number of nitrogens with zero attached hydrogens (tertiary/aromatic N) is 3. The van der Waals surface area contributed by atoms with E-state index in [4.69, 9.17) is 10.5 Å². The Morgan fingerprint density at radius 1 is 0.871 bits per heavy atom. The van der Waals surface area contributed by atoms with Gasteiger partial charge < -0.3 is 15.4 Å². The Labute approximate surface area is 184 Å². The number of aryl methyl sites for hydroxylation is 1. The lowest BCUT2D eigenvalue weighted by Crippen LogP contribution is -2.24. The number of anilines is 2. The van der Waals surface area contributed by atoms with Gasteiger partial charge in [0.05, 0.1) is 11.8 Å². The van der Waals surface area contributed by atoms with Gasteiger partial charge in [-0.3, -0.25) is 0 Å². The molecule has 1 fully saturated rings. The van der Waals surface area contributed by atoms with Gasteiger partial charge >= 0.3 is 0 Å².